The number of hydrogen-bond donors (Lipinski definition) is 2. The maximum atomic E-state index is 11.9. The van der Waals surface area contributed by atoms with Gasteiger partial charge in [0.05, 0.1) is 6.54 Å². The predicted octanol–water partition coefficient (Wildman–Crippen LogP) is 2.32. The minimum Gasteiger partial charge on any atom is -0.373 e. The van der Waals surface area contributed by atoms with Gasteiger partial charge in [0.25, 0.3) is 5.91 Å². The second-order valence-electron chi connectivity index (χ2n) is 5.30. The largest absolute Gasteiger partial charge is 0.373 e. The Balaban J connectivity index is 1.69. The Labute approximate surface area is 146 Å². The lowest BCUT2D eigenvalue weighted by molar-refractivity contribution is -0.120. The molecule has 0 aromatic heterocycles. The molecule has 2 N–H and O–H groups in total. The SMILES string of the molecule is CN(CCNC(=O)CNC(=O)c1cccc(Cl)c1)c1ccccc1. The first-order chi connectivity index (χ1) is 11.6. The van der Waals surface area contributed by atoms with Crippen LogP contribution in [-0.4, -0.2) is 38.5 Å². The van der Waals surface area contributed by atoms with Crippen molar-refractivity contribution in [1.82, 2.24) is 10.6 Å². The Morgan fingerprint density at radius 1 is 1.04 bits per heavy atom. The fourth-order valence-electron chi connectivity index (χ4n) is 2.13. The van der Waals surface area contributed by atoms with E-state index in [4.69, 9.17) is 11.6 Å². The van der Waals surface area contributed by atoms with E-state index in [9.17, 15) is 9.59 Å². The van der Waals surface area contributed by atoms with Crippen LogP contribution in [0.2, 0.25) is 5.02 Å². The number of nitrogens with zero attached hydrogens (tertiary/aromatic N) is 1. The summed E-state index contributed by atoms with van der Waals surface area (Å²) in [6.07, 6.45) is 0. The standard InChI is InChI=1S/C18H20ClN3O2/c1-22(16-8-3-2-4-9-16)11-10-20-17(23)13-21-18(24)14-6-5-7-15(19)12-14/h2-9,12H,10-11,13H2,1H3,(H,20,23)(H,21,24). The third-order valence-corrected chi connectivity index (χ3v) is 3.70. The van der Waals surface area contributed by atoms with Crippen LogP contribution in [0.1, 0.15) is 10.4 Å². The van der Waals surface area contributed by atoms with Crippen molar-refractivity contribution in [3.63, 3.8) is 0 Å². The number of likely N-dealkylation sites (N-methyl/N-ethyl adjacent to an activating group) is 1. The number of para-hydroxylation sites is 1. The van der Waals surface area contributed by atoms with E-state index in [2.05, 4.69) is 10.6 Å². The molecule has 2 amide bonds. The fourth-order valence-corrected chi connectivity index (χ4v) is 2.32. The highest BCUT2D eigenvalue weighted by molar-refractivity contribution is 6.30. The van der Waals surface area contributed by atoms with Crippen molar-refractivity contribution in [2.45, 2.75) is 0 Å². The van der Waals surface area contributed by atoms with E-state index >= 15 is 0 Å². The van der Waals surface area contributed by atoms with Crippen LogP contribution in [0.4, 0.5) is 5.69 Å². The zero-order chi connectivity index (χ0) is 17.4. The van der Waals surface area contributed by atoms with Gasteiger partial charge in [0.2, 0.25) is 5.91 Å². The van der Waals surface area contributed by atoms with Gasteiger partial charge in [-0.2, -0.15) is 0 Å². The van der Waals surface area contributed by atoms with Crippen LogP contribution in [-0.2, 0) is 4.79 Å². The van der Waals surface area contributed by atoms with Gasteiger partial charge in [-0.05, 0) is 30.3 Å². The van der Waals surface area contributed by atoms with Gasteiger partial charge in [0, 0.05) is 36.4 Å². The summed E-state index contributed by atoms with van der Waals surface area (Å²) >= 11 is 5.84. The van der Waals surface area contributed by atoms with E-state index in [0.717, 1.165) is 5.69 Å². The molecular weight excluding hydrogens is 326 g/mol. The van der Waals surface area contributed by atoms with Crippen LogP contribution in [0.3, 0.4) is 0 Å². The minimum atomic E-state index is -0.325. The Hall–Kier alpha value is -2.53. The van der Waals surface area contributed by atoms with Gasteiger partial charge in [-0.15, -0.1) is 0 Å². The fraction of sp³-hybridized carbons (Fsp3) is 0.222. The van der Waals surface area contributed by atoms with Crippen LogP contribution < -0.4 is 15.5 Å². The lowest BCUT2D eigenvalue weighted by atomic mass is 10.2. The molecule has 0 spiro atoms. The van der Waals surface area contributed by atoms with Crippen LogP contribution in [0.15, 0.2) is 54.6 Å². The number of anilines is 1. The molecule has 0 aliphatic carbocycles. The molecule has 0 heterocycles. The number of amides is 2. The summed E-state index contributed by atoms with van der Waals surface area (Å²) < 4.78 is 0. The summed E-state index contributed by atoms with van der Waals surface area (Å²) in [5.74, 6) is -0.555. The van der Waals surface area contributed by atoms with E-state index in [1.807, 2.05) is 42.3 Å². The van der Waals surface area contributed by atoms with E-state index in [1.165, 1.54) is 0 Å². The summed E-state index contributed by atoms with van der Waals surface area (Å²) in [6.45, 7) is 1.11. The van der Waals surface area contributed by atoms with E-state index in [0.29, 0.717) is 23.7 Å². The highest BCUT2D eigenvalue weighted by atomic mass is 35.5. The number of benzene rings is 2. The third kappa shape index (κ3) is 5.59. The van der Waals surface area contributed by atoms with Gasteiger partial charge in [-0.25, -0.2) is 0 Å². The molecule has 0 aliphatic rings. The first-order valence-corrected chi connectivity index (χ1v) is 8.00. The van der Waals surface area contributed by atoms with Crippen molar-refractivity contribution in [1.29, 1.82) is 0 Å². The lowest BCUT2D eigenvalue weighted by Crippen LogP contribution is -2.39. The Morgan fingerprint density at radius 2 is 1.79 bits per heavy atom. The molecule has 0 radical (unpaired) electrons. The molecular formula is C18H20ClN3O2. The van der Waals surface area contributed by atoms with E-state index in [1.54, 1.807) is 24.3 Å². The molecule has 0 saturated heterocycles. The molecule has 0 bridgehead atoms. The quantitative estimate of drug-likeness (QED) is 0.809. The molecule has 5 nitrogen and oxygen atoms in total. The van der Waals surface area contributed by atoms with Gasteiger partial charge in [-0.3, -0.25) is 9.59 Å². The second-order valence-corrected chi connectivity index (χ2v) is 5.74. The first-order valence-electron chi connectivity index (χ1n) is 7.63. The smallest absolute Gasteiger partial charge is 0.251 e. The second kappa shape index (κ2) is 8.93. The molecule has 2 rings (SSSR count). The van der Waals surface area contributed by atoms with Gasteiger partial charge >= 0.3 is 0 Å². The van der Waals surface area contributed by atoms with Crippen molar-refractivity contribution in [2.24, 2.45) is 0 Å². The van der Waals surface area contributed by atoms with Crippen LogP contribution >= 0.6 is 11.6 Å². The zero-order valence-electron chi connectivity index (χ0n) is 13.5. The summed E-state index contributed by atoms with van der Waals surface area (Å²) in [5.41, 5.74) is 1.51. The molecule has 0 unspecified atom stereocenters. The average Bonchev–Trinajstić information content (AvgIpc) is 2.60. The molecule has 0 saturated carbocycles. The maximum absolute atomic E-state index is 11.9. The summed E-state index contributed by atoms with van der Waals surface area (Å²) in [5, 5.41) is 5.84. The molecule has 0 aliphatic heterocycles. The predicted molar refractivity (Wildman–Crippen MR) is 96.5 cm³/mol. The third-order valence-electron chi connectivity index (χ3n) is 3.46. The number of nitrogens with one attached hydrogen (secondary N) is 2. The highest BCUT2D eigenvalue weighted by Gasteiger charge is 2.08. The summed E-state index contributed by atoms with van der Waals surface area (Å²) in [4.78, 5) is 25.8. The van der Waals surface area contributed by atoms with E-state index in [-0.39, 0.29) is 18.4 Å². The number of halogens is 1. The van der Waals surface area contributed by atoms with Gasteiger partial charge in [0.1, 0.15) is 0 Å². The number of carbonyl (C=O) groups is 2. The summed E-state index contributed by atoms with van der Waals surface area (Å²) in [7, 11) is 1.96. The van der Waals surface area contributed by atoms with Gasteiger partial charge < -0.3 is 15.5 Å². The van der Waals surface area contributed by atoms with Crippen molar-refractivity contribution in [3.8, 4) is 0 Å². The van der Waals surface area contributed by atoms with E-state index < -0.39 is 0 Å². The van der Waals surface area contributed by atoms with Crippen molar-refractivity contribution >= 4 is 29.1 Å². The number of hydrogen-bond acceptors (Lipinski definition) is 3. The number of rotatable bonds is 7. The van der Waals surface area contributed by atoms with Gasteiger partial charge in [0.15, 0.2) is 0 Å². The molecule has 2 aromatic carbocycles. The van der Waals surface area contributed by atoms with Gasteiger partial charge in [-0.1, -0.05) is 35.9 Å². The first kappa shape index (κ1) is 17.8. The van der Waals surface area contributed by atoms with Crippen LogP contribution in [0.5, 0.6) is 0 Å². The van der Waals surface area contributed by atoms with Crippen molar-refractivity contribution in [3.05, 3.63) is 65.2 Å². The molecule has 6 heteroatoms. The van der Waals surface area contributed by atoms with Crippen LogP contribution in [0.25, 0.3) is 0 Å². The average molecular weight is 346 g/mol. The highest BCUT2D eigenvalue weighted by Crippen LogP contribution is 2.10. The Bertz CT molecular complexity index is 692. The number of carbonyl (C=O) groups excluding carboxylic acids is 2. The monoisotopic (exact) mass is 345 g/mol. The molecule has 0 fully saturated rings. The van der Waals surface area contributed by atoms with Crippen molar-refractivity contribution < 1.29 is 9.59 Å². The van der Waals surface area contributed by atoms with Crippen LogP contribution in [0, 0.1) is 0 Å². The topological polar surface area (TPSA) is 61.4 Å². The molecule has 126 valence electrons. The normalized spacial score (nSPS) is 10.1. The molecule has 2 aromatic rings. The molecule has 24 heavy (non-hydrogen) atoms. The Kier molecular flexibility index (Phi) is 6.63. The minimum absolute atomic E-state index is 0.0690. The maximum Gasteiger partial charge on any atom is 0.251 e. The lowest BCUT2D eigenvalue weighted by Gasteiger charge is -2.19. The van der Waals surface area contributed by atoms with Crippen molar-refractivity contribution in [2.75, 3.05) is 31.6 Å². The zero-order valence-corrected chi connectivity index (χ0v) is 14.2. The Morgan fingerprint density at radius 3 is 2.50 bits per heavy atom. The summed E-state index contributed by atoms with van der Waals surface area (Å²) in [6, 6.07) is 16.5. The molecule has 0 atom stereocenters.